The number of nitrogens with one attached hydrogen (secondary N) is 1. The van der Waals surface area contributed by atoms with Gasteiger partial charge in [0.1, 0.15) is 5.82 Å². The Morgan fingerprint density at radius 2 is 1.60 bits per heavy atom. The summed E-state index contributed by atoms with van der Waals surface area (Å²) in [5, 5.41) is 2.64. The molecule has 0 spiro atoms. The molecule has 2 amide bonds. The van der Waals surface area contributed by atoms with Crippen LogP contribution in [0.25, 0.3) is 0 Å². The summed E-state index contributed by atoms with van der Waals surface area (Å²) in [7, 11) is 3.88. The lowest BCUT2D eigenvalue weighted by molar-refractivity contribution is -0.116. The average Bonchev–Trinajstić information content (AvgIpc) is 2.58. The first-order valence-corrected chi connectivity index (χ1v) is 7.98. The molecule has 25 heavy (non-hydrogen) atoms. The molecule has 0 bridgehead atoms. The summed E-state index contributed by atoms with van der Waals surface area (Å²) in [6, 6.07) is 13.3. The second-order valence-electron chi connectivity index (χ2n) is 5.82. The number of amides is 2. The maximum Gasteiger partial charge on any atom is 0.254 e. The van der Waals surface area contributed by atoms with Crippen LogP contribution in [-0.4, -0.2) is 39.0 Å². The van der Waals surface area contributed by atoms with E-state index in [4.69, 9.17) is 0 Å². The predicted octanol–water partition coefficient (Wildman–Crippen LogP) is 2.67. The monoisotopic (exact) mass is 343 g/mol. The third kappa shape index (κ3) is 4.79. The van der Waals surface area contributed by atoms with Crippen molar-refractivity contribution in [1.82, 2.24) is 5.32 Å². The van der Waals surface area contributed by atoms with E-state index in [0.29, 0.717) is 6.54 Å². The lowest BCUT2D eigenvalue weighted by Gasteiger charge is -2.22. The fourth-order valence-corrected chi connectivity index (χ4v) is 2.42. The van der Waals surface area contributed by atoms with Gasteiger partial charge in [-0.3, -0.25) is 9.59 Å². The van der Waals surface area contributed by atoms with Crippen LogP contribution in [0, 0.1) is 5.82 Å². The summed E-state index contributed by atoms with van der Waals surface area (Å²) in [6.45, 7) is 2.00. The minimum Gasteiger partial charge on any atom is -0.378 e. The third-order valence-corrected chi connectivity index (χ3v) is 3.80. The molecular formula is C19H22FN3O2. The molecule has 0 fully saturated rings. The van der Waals surface area contributed by atoms with E-state index >= 15 is 0 Å². The van der Waals surface area contributed by atoms with Crippen molar-refractivity contribution in [1.29, 1.82) is 0 Å². The number of benzene rings is 2. The number of hydrogen-bond acceptors (Lipinski definition) is 3. The Hall–Kier alpha value is -2.89. The van der Waals surface area contributed by atoms with Crippen LogP contribution in [0.5, 0.6) is 0 Å². The molecule has 132 valence electrons. The van der Waals surface area contributed by atoms with Crippen LogP contribution in [0.15, 0.2) is 48.5 Å². The first-order valence-electron chi connectivity index (χ1n) is 7.98. The standard InChI is InChI=1S/C19H22FN3O2/c1-14(24)23(16-10-8-15(9-11-16)22(2)3)13-12-21-19(25)17-6-4-5-7-18(17)20/h4-11H,12-13H2,1-3H3,(H,21,25). The maximum atomic E-state index is 13.6. The molecule has 0 saturated heterocycles. The van der Waals surface area contributed by atoms with Gasteiger partial charge in [-0.05, 0) is 36.4 Å². The van der Waals surface area contributed by atoms with Crippen LogP contribution in [0.3, 0.4) is 0 Å². The predicted molar refractivity (Wildman–Crippen MR) is 97.5 cm³/mol. The number of rotatable bonds is 6. The lowest BCUT2D eigenvalue weighted by atomic mass is 10.2. The van der Waals surface area contributed by atoms with Gasteiger partial charge in [0.2, 0.25) is 5.91 Å². The zero-order valence-corrected chi connectivity index (χ0v) is 14.6. The summed E-state index contributed by atoms with van der Waals surface area (Å²) in [5.74, 6) is -1.19. The molecule has 0 atom stereocenters. The Morgan fingerprint density at radius 1 is 1.00 bits per heavy atom. The SMILES string of the molecule is CC(=O)N(CCNC(=O)c1ccccc1F)c1ccc(N(C)C)cc1. The van der Waals surface area contributed by atoms with Crippen molar-refractivity contribution in [3.05, 3.63) is 59.9 Å². The van der Waals surface area contributed by atoms with Crippen LogP contribution >= 0.6 is 0 Å². The van der Waals surface area contributed by atoms with E-state index in [1.54, 1.807) is 11.0 Å². The third-order valence-electron chi connectivity index (χ3n) is 3.80. The molecule has 0 aliphatic carbocycles. The second kappa shape index (κ2) is 8.28. The van der Waals surface area contributed by atoms with E-state index in [1.807, 2.05) is 43.3 Å². The summed E-state index contributed by atoms with van der Waals surface area (Å²) in [4.78, 5) is 27.5. The van der Waals surface area contributed by atoms with Crippen LogP contribution in [0.4, 0.5) is 15.8 Å². The van der Waals surface area contributed by atoms with Gasteiger partial charge >= 0.3 is 0 Å². The van der Waals surface area contributed by atoms with Crippen LogP contribution in [0.2, 0.25) is 0 Å². The van der Waals surface area contributed by atoms with Crippen molar-refractivity contribution < 1.29 is 14.0 Å². The Labute approximate surface area is 147 Å². The Balaban J connectivity index is 1.99. The van der Waals surface area contributed by atoms with Gasteiger partial charge in [-0.2, -0.15) is 0 Å². The van der Waals surface area contributed by atoms with E-state index in [2.05, 4.69) is 5.32 Å². The van der Waals surface area contributed by atoms with Crippen LogP contribution in [-0.2, 0) is 4.79 Å². The highest BCUT2D eigenvalue weighted by Crippen LogP contribution is 2.19. The minimum absolute atomic E-state index is 0.00721. The molecule has 0 unspecified atom stereocenters. The van der Waals surface area contributed by atoms with Gasteiger partial charge in [-0.25, -0.2) is 4.39 Å². The van der Waals surface area contributed by atoms with E-state index in [9.17, 15) is 14.0 Å². The normalized spacial score (nSPS) is 10.2. The first kappa shape index (κ1) is 18.4. The van der Waals surface area contributed by atoms with Gasteiger partial charge in [-0.1, -0.05) is 12.1 Å². The fraction of sp³-hybridized carbons (Fsp3) is 0.263. The molecule has 0 aliphatic rings. The topological polar surface area (TPSA) is 52.7 Å². The molecule has 2 aromatic carbocycles. The molecular weight excluding hydrogens is 321 g/mol. The van der Waals surface area contributed by atoms with Crippen molar-refractivity contribution in [3.8, 4) is 0 Å². The van der Waals surface area contributed by atoms with Crippen molar-refractivity contribution >= 4 is 23.2 Å². The van der Waals surface area contributed by atoms with Crippen LogP contribution < -0.4 is 15.1 Å². The van der Waals surface area contributed by atoms with E-state index in [-0.39, 0.29) is 18.0 Å². The van der Waals surface area contributed by atoms with E-state index < -0.39 is 11.7 Å². The molecule has 0 heterocycles. The van der Waals surface area contributed by atoms with Crippen molar-refractivity contribution in [2.45, 2.75) is 6.92 Å². The number of carbonyl (C=O) groups excluding carboxylic acids is 2. The zero-order valence-electron chi connectivity index (χ0n) is 14.6. The molecule has 0 aliphatic heterocycles. The second-order valence-corrected chi connectivity index (χ2v) is 5.82. The molecule has 5 nitrogen and oxygen atoms in total. The Morgan fingerprint density at radius 3 is 2.16 bits per heavy atom. The van der Waals surface area contributed by atoms with Gasteiger partial charge in [0, 0.05) is 45.5 Å². The number of carbonyl (C=O) groups is 2. The van der Waals surface area contributed by atoms with Crippen LogP contribution in [0.1, 0.15) is 17.3 Å². The van der Waals surface area contributed by atoms with E-state index in [1.165, 1.54) is 25.1 Å². The zero-order chi connectivity index (χ0) is 18.4. The van der Waals surface area contributed by atoms with Gasteiger partial charge in [0.05, 0.1) is 5.56 Å². The van der Waals surface area contributed by atoms with Gasteiger partial charge < -0.3 is 15.1 Å². The van der Waals surface area contributed by atoms with Crippen molar-refractivity contribution in [3.63, 3.8) is 0 Å². The van der Waals surface area contributed by atoms with Crippen molar-refractivity contribution in [2.75, 3.05) is 37.0 Å². The highest BCUT2D eigenvalue weighted by atomic mass is 19.1. The van der Waals surface area contributed by atoms with Gasteiger partial charge in [0.25, 0.3) is 5.91 Å². The van der Waals surface area contributed by atoms with E-state index in [0.717, 1.165) is 11.4 Å². The molecule has 0 aromatic heterocycles. The number of hydrogen-bond donors (Lipinski definition) is 1. The summed E-state index contributed by atoms with van der Waals surface area (Å²) in [6.07, 6.45) is 0. The highest BCUT2D eigenvalue weighted by molar-refractivity contribution is 5.95. The van der Waals surface area contributed by atoms with Crippen molar-refractivity contribution in [2.24, 2.45) is 0 Å². The summed E-state index contributed by atoms with van der Waals surface area (Å²) in [5.41, 5.74) is 1.77. The lowest BCUT2D eigenvalue weighted by Crippen LogP contribution is -2.37. The minimum atomic E-state index is -0.567. The number of anilines is 2. The van der Waals surface area contributed by atoms with Gasteiger partial charge in [-0.15, -0.1) is 0 Å². The molecule has 0 radical (unpaired) electrons. The fourth-order valence-electron chi connectivity index (χ4n) is 2.42. The molecule has 2 rings (SSSR count). The Kier molecular flexibility index (Phi) is 6.11. The molecule has 0 saturated carbocycles. The smallest absolute Gasteiger partial charge is 0.254 e. The van der Waals surface area contributed by atoms with Gasteiger partial charge in [0.15, 0.2) is 0 Å². The quantitative estimate of drug-likeness (QED) is 0.877. The maximum absolute atomic E-state index is 13.6. The summed E-state index contributed by atoms with van der Waals surface area (Å²) >= 11 is 0. The molecule has 1 N–H and O–H groups in total. The Bertz CT molecular complexity index is 745. The summed E-state index contributed by atoms with van der Waals surface area (Å²) < 4.78 is 13.6. The number of nitrogens with zero attached hydrogens (tertiary/aromatic N) is 2. The molecule has 6 heteroatoms. The largest absolute Gasteiger partial charge is 0.378 e. The average molecular weight is 343 g/mol. The molecule has 2 aromatic rings. The first-order chi connectivity index (χ1) is 11.9. The highest BCUT2D eigenvalue weighted by Gasteiger charge is 2.14. The number of halogens is 1.